The summed E-state index contributed by atoms with van der Waals surface area (Å²) in [6.45, 7) is 1.32. The van der Waals surface area contributed by atoms with Crippen LogP contribution in [0.2, 0.25) is 0 Å². The topological polar surface area (TPSA) is 12.0 Å². The molecule has 18 heavy (non-hydrogen) atoms. The monoisotopic (exact) mass is 245 g/mol. The normalized spacial score (nSPS) is 55.3. The summed E-state index contributed by atoms with van der Waals surface area (Å²) in [7, 11) is 0. The van der Waals surface area contributed by atoms with Crippen LogP contribution in [0.1, 0.15) is 57.8 Å². The van der Waals surface area contributed by atoms with Gasteiger partial charge in [-0.3, -0.25) is 0 Å². The number of rotatable bonds is 2. The highest BCUT2D eigenvalue weighted by Gasteiger charge is 2.55. The van der Waals surface area contributed by atoms with Gasteiger partial charge >= 0.3 is 0 Å². The minimum Gasteiger partial charge on any atom is -0.313 e. The van der Waals surface area contributed by atoms with Gasteiger partial charge in [0, 0.05) is 6.04 Å². The third-order valence-electron chi connectivity index (χ3n) is 7.57. The Balaban J connectivity index is 1.35. The van der Waals surface area contributed by atoms with Crippen LogP contribution in [0.25, 0.3) is 0 Å². The van der Waals surface area contributed by atoms with Crippen molar-refractivity contribution in [3.8, 4) is 0 Å². The van der Waals surface area contributed by atoms with E-state index in [1.165, 1.54) is 25.8 Å². The smallest absolute Gasteiger partial charge is 0.0127 e. The molecule has 5 saturated carbocycles. The molecular weight excluding hydrogens is 218 g/mol. The lowest BCUT2D eigenvalue weighted by Gasteiger charge is -2.55. The van der Waals surface area contributed by atoms with Gasteiger partial charge < -0.3 is 5.32 Å². The van der Waals surface area contributed by atoms with E-state index < -0.39 is 0 Å². The number of nitrogens with one attached hydrogen (secondary N) is 1. The predicted molar refractivity (Wildman–Crippen MR) is 73.2 cm³/mol. The second kappa shape index (κ2) is 3.53. The zero-order chi connectivity index (χ0) is 11.7. The lowest BCUT2D eigenvalue weighted by atomic mass is 9.51. The van der Waals surface area contributed by atoms with Crippen LogP contribution in [0.5, 0.6) is 0 Å². The molecule has 1 N–H and O–H groups in total. The molecule has 0 amide bonds. The highest BCUT2D eigenvalue weighted by molar-refractivity contribution is 5.09. The molecule has 1 unspecified atom stereocenters. The minimum absolute atomic E-state index is 0.800. The average molecular weight is 245 g/mol. The second-order valence-corrected chi connectivity index (χ2v) is 8.45. The van der Waals surface area contributed by atoms with E-state index in [9.17, 15) is 0 Å². The Labute approximate surface area is 111 Å². The third-order valence-corrected chi connectivity index (χ3v) is 7.57. The van der Waals surface area contributed by atoms with Crippen LogP contribution in [0, 0.1) is 35.0 Å². The maximum Gasteiger partial charge on any atom is 0.0127 e. The number of hydrogen-bond acceptors (Lipinski definition) is 1. The largest absolute Gasteiger partial charge is 0.313 e. The summed E-state index contributed by atoms with van der Waals surface area (Å²) in [5, 5.41) is 3.87. The molecule has 0 aromatic carbocycles. The molecule has 4 bridgehead atoms. The zero-order valence-electron chi connectivity index (χ0n) is 11.5. The Bertz CT molecular complexity index is 329. The first-order chi connectivity index (χ1) is 8.82. The summed E-state index contributed by atoms with van der Waals surface area (Å²) in [6.07, 6.45) is 14.2. The van der Waals surface area contributed by atoms with Gasteiger partial charge in [0.1, 0.15) is 0 Å². The molecule has 6 aliphatic rings. The van der Waals surface area contributed by atoms with Crippen LogP contribution in [-0.2, 0) is 0 Å². The first-order valence-electron chi connectivity index (χ1n) is 8.56. The van der Waals surface area contributed by atoms with Crippen molar-refractivity contribution in [2.24, 2.45) is 35.0 Å². The van der Waals surface area contributed by atoms with Crippen molar-refractivity contribution in [2.75, 3.05) is 6.54 Å². The molecule has 1 heteroatoms. The van der Waals surface area contributed by atoms with Crippen molar-refractivity contribution >= 4 is 0 Å². The summed E-state index contributed by atoms with van der Waals surface area (Å²) in [4.78, 5) is 0. The summed E-state index contributed by atoms with van der Waals surface area (Å²) in [6, 6.07) is 0.917. The van der Waals surface area contributed by atoms with Crippen LogP contribution in [0.15, 0.2) is 0 Å². The van der Waals surface area contributed by atoms with Crippen molar-refractivity contribution in [1.82, 2.24) is 5.32 Å². The first-order valence-corrected chi connectivity index (χ1v) is 8.56. The van der Waals surface area contributed by atoms with E-state index in [0.717, 1.165) is 41.0 Å². The standard InChI is InChI=1S/C17H27N/c1-2-17(1)3-4-18-16(17)10-15-13-6-11-5-12(8-13)9-14(15)7-11/h11-16,18H,1-10H2. The van der Waals surface area contributed by atoms with Crippen molar-refractivity contribution in [1.29, 1.82) is 0 Å². The summed E-state index contributed by atoms with van der Waals surface area (Å²) >= 11 is 0. The Kier molecular flexibility index (Phi) is 2.10. The van der Waals surface area contributed by atoms with Crippen LogP contribution >= 0.6 is 0 Å². The van der Waals surface area contributed by atoms with E-state index in [4.69, 9.17) is 0 Å². The molecule has 1 saturated heterocycles. The molecule has 6 fully saturated rings. The van der Waals surface area contributed by atoms with Gasteiger partial charge in [-0.1, -0.05) is 0 Å². The fraction of sp³-hybridized carbons (Fsp3) is 1.00. The first kappa shape index (κ1) is 10.7. The average Bonchev–Trinajstić information content (AvgIpc) is 3.00. The SMILES string of the molecule is C1CC2(CC2)C(CC2C3CC4CC(C3)CC2C4)N1. The van der Waals surface area contributed by atoms with E-state index in [2.05, 4.69) is 5.32 Å². The van der Waals surface area contributed by atoms with Gasteiger partial charge in [0.05, 0.1) is 0 Å². The van der Waals surface area contributed by atoms with E-state index >= 15 is 0 Å². The van der Waals surface area contributed by atoms with Gasteiger partial charge in [-0.05, 0) is 99.3 Å². The van der Waals surface area contributed by atoms with Crippen LogP contribution < -0.4 is 5.32 Å². The van der Waals surface area contributed by atoms with Crippen LogP contribution in [-0.4, -0.2) is 12.6 Å². The molecule has 0 aromatic heterocycles. The van der Waals surface area contributed by atoms with E-state index in [1.54, 1.807) is 38.5 Å². The van der Waals surface area contributed by atoms with Crippen molar-refractivity contribution in [3.63, 3.8) is 0 Å². The molecule has 6 rings (SSSR count). The van der Waals surface area contributed by atoms with Gasteiger partial charge in [-0.25, -0.2) is 0 Å². The van der Waals surface area contributed by atoms with Crippen molar-refractivity contribution < 1.29 is 0 Å². The van der Waals surface area contributed by atoms with Crippen molar-refractivity contribution in [3.05, 3.63) is 0 Å². The lowest BCUT2D eigenvalue weighted by Crippen LogP contribution is -2.47. The van der Waals surface area contributed by atoms with Crippen LogP contribution in [0.3, 0.4) is 0 Å². The molecule has 1 spiro atoms. The van der Waals surface area contributed by atoms with E-state index in [1.807, 2.05) is 0 Å². The Morgan fingerprint density at radius 2 is 1.50 bits per heavy atom. The molecule has 5 aliphatic carbocycles. The third kappa shape index (κ3) is 1.43. The second-order valence-electron chi connectivity index (χ2n) is 8.45. The molecule has 100 valence electrons. The lowest BCUT2D eigenvalue weighted by molar-refractivity contribution is -0.0446. The van der Waals surface area contributed by atoms with Crippen LogP contribution in [0.4, 0.5) is 0 Å². The Morgan fingerprint density at radius 1 is 0.833 bits per heavy atom. The van der Waals surface area contributed by atoms with E-state index in [0.29, 0.717) is 0 Å². The Morgan fingerprint density at radius 3 is 2.11 bits per heavy atom. The van der Waals surface area contributed by atoms with Gasteiger partial charge in [-0.15, -0.1) is 0 Å². The molecule has 1 atom stereocenters. The van der Waals surface area contributed by atoms with Gasteiger partial charge in [-0.2, -0.15) is 0 Å². The fourth-order valence-corrected chi connectivity index (χ4v) is 6.67. The highest BCUT2D eigenvalue weighted by atomic mass is 15.0. The highest BCUT2D eigenvalue weighted by Crippen LogP contribution is 2.61. The number of hydrogen-bond donors (Lipinski definition) is 1. The van der Waals surface area contributed by atoms with Gasteiger partial charge in [0.15, 0.2) is 0 Å². The van der Waals surface area contributed by atoms with E-state index in [-0.39, 0.29) is 0 Å². The molecular formula is C17H27N. The maximum atomic E-state index is 3.87. The van der Waals surface area contributed by atoms with Gasteiger partial charge in [0.2, 0.25) is 0 Å². The van der Waals surface area contributed by atoms with Gasteiger partial charge in [0.25, 0.3) is 0 Å². The minimum atomic E-state index is 0.800. The van der Waals surface area contributed by atoms with Crippen molar-refractivity contribution in [2.45, 2.75) is 63.8 Å². The molecule has 0 aromatic rings. The molecule has 1 aliphatic heterocycles. The Hall–Kier alpha value is -0.0400. The summed E-state index contributed by atoms with van der Waals surface area (Å²) in [5.74, 6) is 5.69. The molecule has 0 radical (unpaired) electrons. The molecule has 1 heterocycles. The quantitative estimate of drug-likeness (QED) is 0.784. The summed E-state index contributed by atoms with van der Waals surface area (Å²) in [5.41, 5.74) is 0.800. The predicted octanol–water partition coefficient (Wildman–Crippen LogP) is 3.59. The zero-order valence-corrected chi connectivity index (χ0v) is 11.5. The fourth-order valence-electron chi connectivity index (χ4n) is 6.67. The maximum absolute atomic E-state index is 3.87. The summed E-state index contributed by atoms with van der Waals surface area (Å²) < 4.78 is 0. The molecule has 1 nitrogen and oxygen atoms in total.